The average molecular weight is 619 g/mol. The number of carbonyl (C=O) groups is 3. The van der Waals surface area contributed by atoms with Crippen molar-refractivity contribution in [2.45, 2.75) is 16.2 Å². The molecular weight excluding hydrogens is 596 g/mol. The first kappa shape index (κ1) is 28.2. The number of fused-ring (bicyclic) bond motifs is 2. The van der Waals surface area contributed by atoms with Crippen molar-refractivity contribution >= 4 is 57.9 Å². The van der Waals surface area contributed by atoms with Crippen LogP contribution in [0.25, 0.3) is 0 Å². The molecule has 3 aromatic carbocycles. The number of thioether (sulfide) groups is 1. The van der Waals surface area contributed by atoms with Crippen molar-refractivity contribution < 1.29 is 28.8 Å². The highest BCUT2D eigenvalue weighted by molar-refractivity contribution is 8.00. The molecule has 3 heterocycles. The molecule has 2 N–H and O–H groups in total. The van der Waals surface area contributed by atoms with Gasteiger partial charge in [0.25, 0.3) is 11.6 Å². The number of nitro groups is 1. The second-order valence-electron chi connectivity index (χ2n) is 9.64. The number of anilines is 2. The van der Waals surface area contributed by atoms with Crippen molar-refractivity contribution in [2.24, 2.45) is 5.92 Å². The Hall–Kier alpha value is -4.95. The summed E-state index contributed by atoms with van der Waals surface area (Å²) in [6.45, 7) is -0.337. The van der Waals surface area contributed by atoms with Crippen LogP contribution in [0, 0.1) is 16.0 Å². The lowest BCUT2D eigenvalue weighted by atomic mass is 9.82. The summed E-state index contributed by atoms with van der Waals surface area (Å²) in [5, 5.41) is 13.5. The zero-order chi connectivity index (χ0) is 30.2. The molecular formula is C29H22N4O8S2. The lowest BCUT2D eigenvalue weighted by Gasteiger charge is -2.30. The van der Waals surface area contributed by atoms with Crippen LogP contribution in [0.1, 0.15) is 16.4 Å². The van der Waals surface area contributed by atoms with Crippen LogP contribution in [-0.4, -0.2) is 46.6 Å². The zero-order valence-corrected chi connectivity index (χ0v) is 24.0. The van der Waals surface area contributed by atoms with Crippen LogP contribution in [0.5, 0.6) is 11.5 Å². The van der Waals surface area contributed by atoms with Crippen LogP contribution in [0.15, 0.2) is 82.6 Å². The van der Waals surface area contributed by atoms with E-state index in [9.17, 15) is 29.3 Å². The fourth-order valence-corrected chi connectivity index (χ4v) is 7.72. The highest BCUT2D eigenvalue weighted by Gasteiger charge is 2.56. The number of methoxy groups -OCH3 is 1. The first-order valence-corrected chi connectivity index (χ1v) is 14.6. The van der Waals surface area contributed by atoms with E-state index >= 15 is 0 Å². The van der Waals surface area contributed by atoms with E-state index in [1.54, 1.807) is 55.6 Å². The summed E-state index contributed by atoms with van der Waals surface area (Å²) >= 11 is 2.07. The molecule has 1 saturated heterocycles. The molecule has 2 aliphatic rings. The maximum atomic E-state index is 14.0. The quantitative estimate of drug-likeness (QED) is 0.168. The summed E-state index contributed by atoms with van der Waals surface area (Å²) in [7, 11) is 1.55. The second kappa shape index (κ2) is 11.4. The van der Waals surface area contributed by atoms with Crippen molar-refractivity contribution in [2.75, 3.05) is 23.9 Å². The normalized spacial score (nSPS) is 19.0. The van der Waals surface area contributed by atoms with Gasteiger partial charge in [0.05, 0.1) is 28.7 Å². The van der Waals surface area contributed by atoms with Gasteiger partial charge in [-0.3, -0.25) is 29.3 Å². The first-order valence-electron chi connectivity index (χ1n) is 12.9. The van der Waals surface area contributed by atoms with Gasteiger partial charge in [-0.15, -0.1) is 0 Å². The largest absolute Gasteiger partial charge is 0.497 e. The van der Waals surface area contributed by atoms with Gasteiger partial charge in [0.1, 0.15) is 16.7 Å². The van der Waals surface area contributed by atoms with E-state index < -0.39 is 39.7 Å². The molecule has 12 nitrogen and oxygen atoms in total. The maximum Gasteiger partial charge on any atom is 0.305 e. The number of nitro benzene ring substituents is 1. The zero-order valence-electron chi connectivity index (χ0n) is 22.3. The Labute approximate surface area is 251 Å². The van der Waals surface area contributed by atoms with Gasteiger partial charge in [-0.1, -0.05) is 41.3 Å². The minimum atomic E-state index is -0.899. The molecule has 43 heavy (non-hydrogen) atoms. The van der Waals surface area contributed by atoms with Gasteiger partial charge in [0, 0.05) is 34.2 Å². The number of nitrogens with one attached hydrogen (secondary N) is 2. The summed E-state index contributed by atoms with van der Waals surface area (Å²) in [6, 6.07) is 18.9. The van der Waals surface area contributed by atoms with Gasteiger partial charge in [0.2, 0.25) is 11.8 Å². The maximum absolute atomic E-state index is 14.0. The highest BCUT2D eigenvalue weighted by Crippen LogP contribution is 2.54. The van der Waals surface area contributed by atoms with Crippen molar-refractivity contribution in [3.63, 3.8) is 0 Å². The number of aromatic nitrogens is 1. The van der Waals surface area contributed by atoms with E-state index in [0.717, 1.165) is 28.0 Å². The molecule has 218 valence electrons. The Morgan fingerprint density at radius 2 is 1.74 bits per heavy atom. The van der Waals surface area contributed by atoms with Crippen LogP contribution in [-0.2, 0) is 14.4 Å². The van der Waals surface area contributed by atoms with E-state index in [4.69, 9.17) is 9.47 Å². The SMILES string of the molecule is COc1ccc(NC(=O)COc2ccccc2C2c3sc(=O)[nH]c3SC3C(=O)N(c4ccc([N+](=O)[O-])cc4)C(=O)C32)cc1. The van der Waals surface area contributed by atoms with Crippen LogP contribution >= 0.6 is 23.1 Å². The van der Waals surface area contributed by atoms with Gasteiger partial charge in [-0.25, -0.2) is 4.90 Å². The van der Waals surface area contributed by atoms with Crippen LogP contribution in [0.3, 0.4) is 0 Å². The number of amides is 3. The monoisotopic (exact) mass is 618 g/mol. The molecule has 0 aliphatic carbocycles. The minimum absolute atomic E-state index is 0.172. The fourth-order valence-electron chi connectivity index (χ4n) is 5.21. The van der Waals surface area contributed by atoms with Crippen LogP contribution < -0.4 is 24.6 Å². The topological polar surface area (TPSA) is 161 Å². The molecule has 6 rings (SSSR count). The third-order valence-corrected chi connectivity index (χ3v) is 9.53. The number of thiazole rings is 1. The summed E-state index contributed by atoms with van der Waals surface area (Å²) in [5.41, 5.74) is 1.14. The van der Waals surface area contributed by atoms with Gasteiger partial charge >= 0.3 is 4.87 Å². The molecule has 3 atom stereocenters. The number of para-hydroxylation sites is 1. The average Bonchev–Trinajstić information content (AvgIpc) is 3.50. The third kappa shape index (κ3) is 5.26. The Balaban J connectivity index is 1.31. The van der Waals surface area contributed by atoms with E-state index in [-0.39, 0.29) is 22.9 Å². The standard InChI is InChI=1S/C29H22N4O8S2/c1-40-18-12-6-15(7-13-18)30-21(34)14-41-20-5-3-2-4-19(20)22-23-25(42-26-24(22)43-29(37)31-26)28(36)32(27(23)35)16-8-10-17(11-9-16)33(38)39/h2-13,22-23,25H,14H2,1H3,(H,30,34)(H,31,37). The van der Waals surface area contributed by atoms with Crippen molar-refractivity contribution in [3.8, 4) is 11.5 Å². The molecule has 0 spiro atoms. The van der Waals surface area contributed by atoms with Gasteiger partial charge in [-0.05, 0) is 42.5 Å². The number of imide groups is 1. The summed E-state index contributed by atoms with van der Waals surface area (Å²) < 4.78 is 11.1. The van der Waals surface area contributed by atoms with Crippen molar-refractivity contribution in [1.82, 2.24) is 4.98 Å². The minimum Gasteiger partial charge on any atom is -0.497 e. The molecule has 1 aromatic heterocycles. The van der Waals surface area contributed by atoms with Crippen LogP contribution in [0.4, 0.5) is 17.1 Å². The Bertz CT molecular complexity index is 1800. The van der Waals surface area contributed by atoms with E-state index in [0.29, 0.717) is 32.7 Å². The lowest BCUT2D eigenvalue weighted by molar-refractivity contribution is -0.384. The Morgan fingerprint density at radius 1 is 1.02 bits per heavy atom. The predicted octanol–water partition coefficient (Wildman–Crippen LogP) is 4.17. The number of hydrogen-bond acceptors (Lipinski definition) is 10. The second-order valence-corrected chi connectivity index (χ2v) is 11.8. The molecule has 0 bridgehead atoms. The molecule has 14 heteroatoms. The number of aromatic amines is 1. The number of nitrogens with zero attached hydrogens (tertiary/aromatic N) is 2. The van der Waals surface area contributed by atoms with E-state index in [1.807, 2.05) is 0 Å². The summed E-state index contributed by atoms with van der Waals surface area (Å²) in [5.74, 6) is -2.07. The molecule has 1 fully saturated rings. The summed E-state index contributed by atoms with van der Waals surface area (Å²) in [4.78, 5) is 67.4. The molecule has 0 radical (unpaired) electrons. The molecule has 2 aliphatic heterocycles. The highest BCUT2D eigenvalue weighted by atomic mass is 32.2. The number of benzene rings is 3. The number of non-ortho nitro benzene ring substituents is 1. The van der Waals surface area contributed by atoms with Gasteiger partial charge < -0.3 is 19.8 Å². The van der Waals surface area contributed by atoms with Crippen molar-refractivity contribution in [3.05, 3.63) is 103 Å². The molecule has 4 aromatic rings. The molecule has 3 unspecified atom stereocenters. The predicted molar refractivity (Wildman–Crippen MR) is 159 cm³/mol. The van der Waals surface area contributed by atoms with E-state index in [2.05, 4.69) is 10.3 Å². The van der Waals surface area contributed by atoms with Crippen LogP contribution in [0.2, 0.25) is 0 Å². The third-order valence-electron chi connectivity index (χ3n) is 7.13. The van der Waals surface area contributed by atoms with Gasteiger partial charge in [0.15, 0.2) is 6.61 Å². The van der Waals surface area contributed by atoms with E-state index in [1.165, 1.54) is 24.3 Å². The molecule has 0 saturated carbocycles. The Morgan fingerprint density at radius 3 is 2.44 bits per heavy atom. The number of carbonyl (C=O) groups excluding carboxylic acids is 3. The Kier molecular flexibility index (Phi) is 7.46. The number of H-pyrrole nitrogens is 1. The molecule has 3 amide bonds. The fraction of sp³-hybridized carbons (Fsp3) is 0.172. The number of rotatable bonds is 8. The smallest absolute Gasteiger partial charge is 0.305 e. The first-order chi connectivity index (χ1) is 20.7. The summed E-state index contributed by atoms with van der Waals surface area (Å²) in [6.07, 6.45) is 0. The number of ether oxygens (including phenoxy) is 2. The number of hydrogen-bond donors (Lipinski definition) is 2. The van der Waals surface area contributed by atoms with Gasteiger partial charge in [-0.2, -0.15) is 0 Å². The lowest BCUT2D eigenvalue weighted by Crippen LogP contribution is -2.32. The van der Waals surface area contributed by atoms with Crippen molar-refractivity contribution in [1.29, 1.82) is 0 Å².